The summed E-state index contributed by atoms with van der Waals surface area (Å²) in [6.07, 6.45) is 1.45. The Kier molecular flexibility index (Phi) is 4.45. The summed E-state index contributed by atoms with van der Waals surface area (Å²) in [5.74, 6) is -0.123. The van der Waals surface area contributed by atoms with E-state index in [1.807, 2.05) is 43.0 Å². The van der Waals surface area contributed by atoms with Gasteiger partial charge in [0, 0.05) is 24.5 Å². The van der Waals surface area contributed by atoms with Gasteiger partial charge in [-0.3, -0.25) is 0 Å². The quantitative estimate of drug-likeness (QED) is 0.870. The first kappa shape index (κ1) is 14.6. The van der Waals surface area contributed by atoms with Crippen molar-refractivity contribution in [2.24, 2.45) is 0 Å². The van der Waals surface area contributed by atoms with Gasteiger partial charge in [0.2, 0.25) is 0 Å². The molecule has 0 saturated carbocycles. The lowest BCUT2D eigenvalue weighted by atomic mass is 10.1. The Labute approximate surface area is 123 Å². The third-order valence-corrected chi connectivity index (χ3v) is 3.19. The van der Waals surface area contributed by atoms with Crippen LogP contribution in [0.3, 0.4) is 0 Å². The van der Waals surface area contributed by atoms with Crippen LogP contribution >= 0.6 is 11.6 Å². The molecular formula is C15H17ClFN3. The van der Waals surface area contributed by atoms with Crippen molar-refractivity contribution >= 4 is 23.1 Å². The van der Waals surface area contributed by atoms with Crippen LogP contribution in [0, 0.1) is 5.82 Å². The molecule has 2 rings (SSSR count). The van der Waals surface area contributed by atoms with Crippen LogP contribution in [-0.2, 0) is 6.54 Å². The first-order valence-electron chi connectivity index (χ1n) is 6.39. The topological polar surface area (TPSA) is 42.1 Å². The summed E-state index contributed by atoms with van der Waals surface area (Å²) in [5.41, 5.74) is 7.47. The molecule has 0 atom stereocenters. The summed E-state index contributed by atoms with van der Waals surface area (Å²) < 4.78 is 14.0. The SMILES string of the molecule is CC(C)N(Cc1cccc(N)c1)c1ncc(Cl)cc1F. The van der Waals surface area contributed by atoms with Gasteiger partial charge in [-0.1, -0.05) is 23.7 Å². The number of nitrogens with two attached hydrogens (primary N) is 1. The van der Waals surface area contributed by atoms with Crippen LogP contribution < -0.4 is 10.6 Å². The Morgan fingerprint density at radius 1 is 1.35 bits per heavy atom. The number of rotatable bonds is 4. The van der Waals surface area contributed by atoms with Crippen molar-refractivity contribution in [3.8, 4) is 0 Å². The molecule has 5 heteroatoms. The molecular weight excluding hydrogens is 277 g/mol. The predicted molar refractivity (Wildman–Crippen MR) is 81.4 cm³/mol. The van der Waals surface area contributed by atoms with Crippen molar-refractivity contribution in [3.63, 3.8) is 0 Å². The first-order chi connectivity index (χ1) is 9.47. The number of hydrogen-bond donors (Lipinski definition) is 1. The highest BCUT2D eigenvalue weighted by Crippen LogP contribution is 2.23. The normalized spacial score (nSPS) is 10.8. The van der Waals surface area contributed by atoms with Crippen LogP contribution in [0.15, 0.2) is 36.5 Å². The third kappa shape index (κ3) is 3.39. The van der Waals surface area contributed by atoms with E-state index in [0.29, 0.717) is 23.1 Å². The summed E-state index contributed by atoms with van der Waals surface area (Å²) in [5, 5.41) is 0.291. The molecule has 0 saturated heterocycles. The maximum atomic E-state index is 14.0. The monoisotopic (exact) mass is 293 g/mol. The van der Waals surface area contributed by atoms with Crippen molar-refractivity contribution in [1.29, 1.82) is 0 Å². The molecule has 1 aromatic carbocycles. The minimum Gasteiger partial charge on any atom is -0.399 e. The molecule has 0 amide bonds. The van der Waals surface area contributed by atoms with Crippen LogP contribution in [0.2, 0.25) is 5.02 Å². The zero-order chi connectivity index (χ0) is 14.7. The zero-order valence-electron chi connectivity index (χ0n) is 11.5. The van der Waals surface area contributed by atoms with Crippen molar-refractivity contribution < 1.29 is 4.39 Å². The van der Waals surface area contributed by atoms with E-state index in [-0.39, 0.29) is 6.04 Å². The number of hydrogen-bond acceptors (Lipinski definition) is 3. The lowest BCUT2D eigenvalue weighted by Crippen LogP contribution is -2.31. The first-order valence-corrected chi connectivity index (χ1v) is 6.77. The van der Waals surface area contributed by atoms with Gasteiger partial charge < -0.3 is 10.6 Å². The molecule has 106 valence electrons. The van der Waals surface area contributed by atoms with Crippen LogP contribution in [-0.4, -0.2) is 11.0 Å². The Bertz CT molecular complexity index is 601. The van der Waals surface area contributed by atoms with Gasteiger partial charge in [0.05, 0.1) is 5.02 Å². The molecule has 1 aromatic heterocycles. The van der Waals surface area contributed by atoms with Gasteiger partial charge in [-0.15, -0.1) is 0 Å². The molecule has 0 aliphatic heterocycles. The number of nitrogens with zero attached hydrogens (tertiary/aromatic N) is 2. The second kappa shape index (κ2) is 6.09. The Morgan fingerprint density at radius 2 is 2.10 bits per heavy atom. The molecule has 1 heterocycles. The molecule has 0 fully saturated rings. The highest BCUT2D eigenvalue weighted by atomic mass is 35.5. The minimum atomic E-state index is -0.421. The third-order valence-electron chi connectivity index (χ3n) is 2.99. The summed E-state index contributed by atoms with van der Waals surface area (Å²) in [7, 11) is 0. The molecule has 20 heavy (non-hydrogen) atoms. The predicted octanol–water partition coefficient (Wildman–Crippen LogP) is 3.87. The summed E-state index contributed by atoms with van der Waals surface area (Å²) in [6, 6.07) is 8.92. The van der Waals surface area contributed by atoms with E-state index < -0.39 is 5.82 Å². The lowest BCUT2D eigenvalue weighted by Gasteiger charge is -2.28. The lowest BCUT2D eigenvalue weighted by molar-refractivity contribution is 0.588. The number of aromatic nitrogens is 1. The standard InChI is InChI=1S/C15H17ClFN3/c1-10(2)20(9-11-4-3-5-13(18)6-11)15-14(17)7-12(16)8-19-15/h3-8,10H,9,18H2,1-2H3. The van der Waals surface area contributed by atoms with Crippen LogP contribution in [0.1, 0.15) is 19.4 Å². The summed E-state index contributed by atoms with van der Waals surface area (Å²) in [6.45, 7) is 4.51. The molecule has 2 N–H and O–H groups in total. The smallest absolute Gasteiger partial charge is 0.167 e. The molecule has 0 bridgehead atoms. The maximum absolute atomic E-state index is 14.0. The number of benzene rings is 1. The van der Waals surface area contributed by atoms with Gasteiger partial charge in [0.15, 0.2) is 11.6 Å². The summed E-state index contributed by atoms with van der Waals surface area (Å²) >= 11 is 5.74. The molecule has 0 spiro atoms. The summed E-state index contributed by atoms with van der Waals surface area (Å²) in [4.78, 5) is 5.98. The van der Waals surface area contributed by atoms with Gasteiger partial charge in [-0.2, -0.15) is 0 Å². The Morgan fingerprint density at radius 3 is 2.70 bits per heavy atom. The number of halogens is 2. The van der Waals surface area contributed by atoms with Crippen LogP contribution in [0.25, 0.3) is 0 Å². The highest BCUT2D eigenvalue weighted by Gasteiger charge is 2.17. The van der Waals surface area contributed by atoms with E-state index >= 15 is 0 Å². The van der Waals surface area contributed by atoms with Crippen molar-refractivity contribution in [3.05, 3.63) is 52.9 Å². The van der Waals surface area contributed by atoms with Gasteiger partial charge >= 0.3 is 0 Å². The van der Waals surface area contributed by atoms with Crippen molar-refractivity contribution in [2.45, 2.75) is 26.4 Å². The zero-order valence-corrected chi connectivity index (χ0v) is 12.2. The van der Waals surface area contributed by atoms with E-state index in [9.17, 15) is 4.39 Å². The molecule has 0 radical (unpaired) electrons. The average Bonchev–Trinajstić information content (AvgIpc) is 2.36. The number of anilines is 2. The van der Waals surface area contributed by atoms with E-state index in [1.165, 1.54) is 12.3 Å². The second-order valence-electron chi connectivity index (χ2n) is 4.93. The van der Waals surface area contributed by atoms with Gasteiger partial charge in [-0.05, 0) is 37.6 Å². The van der Waals surface area contributed by atoms with Gasteiger partial charge in [-0.25, -0.2) is 9.37 Å². The minimum absolute atomic E-state index is 0.0969. The van der Waals surface area contributed by atoms with E-state index in [2.05, 4.69) is 4.98 Å². The molecule has 0 unspecified atom stereocenters. The Hall–Kier alpha value is -1.81. The van der Waals surface area contributed by atoms with Crippen LogP contribution in [0.4, 0.5) is 15.9 Å². The number of nitrogen functional groups attached to an aromatic ring is 1. The fraction of sp³-hybridized carbons (Fsp3) is 0.267. The second-order valence-corrected chi connectivity index (χ2v) is 5.36. The maximum Gasteiger partial charge on any atom is 0.167 e. The van der Waals surface area contributed by atoms with Crippen LogP contribution in [0.5, 0.6) is 0 Å². The average molecular weight is 294 g/mol. The number of pyridine rings is 1. The van der Waals surface area contributed by atoms with Gasteiger partial charge in [0.1, 0.15) is 0 Å². The fourth-order valence-corrected chi connectivity index (χ4v) is 2.15. The van der Waals surface area contributed by atoms with E-state index in [0.717, 1.165) is 5.56 Å². The Balaban J connectivity index is 2.32. The van der Waals surface area contributed by atoms with Crippen molar-refractivity contribution in [2.75, 3.05) is 10.6 Å². The van der Waals surface area contributed by atoms with E-state index in [4.69, 9.17) is 17.3 Å². The fourth-order valence-electron chi connectivity index (χ4n) is 2.01. The van der Waals surface area contributed by atoms with Crippen molar-refractivity contribution in [1.82, 2.24) is 4.98 Å². The molecule has 0 aliphatic rings. The molecule has 2 aromatic rings. The highest BCUT2D eigenvalue weighted by molar-refractivity contribution is 6.30. The van der Waals surface area contributed by atoms with Gasteiger partial charge in [0.25, 0.3) is 0 Å². The molecule has 3 nitrogen and oxygen atoms in total. The van der Waals surface area contributed by atoms with E-state index in [1.54, 1.807) is 0 Å². The largest absolute Gasteiger partial charge is 0.399 e. The molecule has 0 aliphatic carbocycles.